The molecule has 0 fully saturated rings. The maximum atomic E-state index is 11.6. The normalized spacial score (nSPS) is 10.9. The maximum absolute atomic E-state index is 11.6. The molecular weight excluding hydrogens is 242 g/mol. The highest BCUT2D eigenvalue weighted by Gasteiger charge is 2.12. The van der Waals surface area contributed by atoms with Crippen LogP contribution < -0.4 is 5.32 Å². The summed E-state index contributed by atoms with van der Waals surface area (Å²) >= 11 is 0. The van der Waals surface area contributed by atoms with Crippen LogP contribution in [0.1, 0.15) is 10.4 Å². The molecule has 0 aliphatic rings. The van der Waals surface area contributed by atoms with Gasteiger partial charge in [0, 0.05) is 11.8 Å². The molecule has 6 heteroatoms. The molecular formula is C11H13NO4S. The number of rotatable bonds is 5. The first-order chi connectivity index (χ1) is 7.88. The number of carbonyl (C=O) groups is 2. The molecule has 1 aromatic rings. The summed E-state index contributed by atoms with van der Waals surface area (Å²) < 4.78 is 21.6. The third kappa shape index (κ3) is 5.26. The lowest BCUT2D eigenvalue weighted by atomic mass is 10.1. The van der Waals surface area contributed by atoms with Gasteiger partial charge in [0.25, 0.3) is 0 Å². The smallest absolute Gasteiger partial charge is 0.235 e. The number of hydrogen-bond donors (Lipinski definition) is 1. The van der Waals surface area contributed by atoms with Crippen molar-refractivity contribution >= 4 is 21.5 Å². The molecule has 1 N–H and O–H groups in total. The fourth-order valence-corrected chi connectivity index (χ4v) is 1.77. The van der Waals surface area contributed by atoms with E-state index in [1.165, 1.54) is 0 Å². The summed E-state index contributed by atoms with van der Waals surface area (Å²) in [5.74, 6) is -1.53. The standard InChI is InChI=1S/C11H13NO4S/c1-17(15,16)8-11(14)12-7-10(13)9-5-3-2-4-6-9/h2-6H,7-8H2,1H3,(H,12,14). The first-order valence-corrected chi connectivity index (χ1v) is 6.97. The second-order valence-corrected chi connectivity index (χ2v) is 5.78. The SMILES string of the molecule is CS(=O)(=O)CC(=O)NCC(=O)c1ccccc1. The van der Waals surface area contributed by atoms with Crippen molar-refractivity contribution in [3.05, 3.63) is 35.9 Å². The molecule has 0 unspecified atom stereocenters. The number of carbonyl (C=O) groups excluding carboxylic acids is 2. The van der Waals surface area contributed by atoms with E-state index in [-0.39, 0.29) is 12.3 Å². The van der Waals surface area contributed by atoms with E-state index in [1.807, 2.05) is 0 Å². The van der Waals surface area contributed by atoms with Crippen LogP contribution in [0.3, 0.4) is 0 Å². The Kier molecular flexibility index (Phi) is 4.39. The van der Waals surface area contributed by atoms with Gasteiger partial charge in [-0.1, -0.05) is 30.3 Å². The second kappa shape index (κ2) is 5.58. The van der Waals surface area contributed by atoms with Crippen LogP contribution in [0.5, 0.6) is 0 Å². The summed E-state index contributed by atoms with van der Waals surface area (Å²) in [5.41, 5.74) is 0.479. The third-order valence-electron chi connectivity index (χ3n) is 1.94. The van der Waals surface area contributed by atoms with Crippen molar-refractivity contribution in [2.75, 3.05) is 18.6 Å². The first-order valence-electron chi connectivity index (χ1n) is 4.91. The van der Waals surface area contributed by atoms with Gasteiger partial charge in [-0.15, -0.1) is 0 Å². The van der Waals surface area contributed by atoms with E-state index in [9.17, 15) is 18.0 Å². The zero-order chi connectivity index (χ0) is 12.9. The summed E-state index contributed by atoms with van der Waals surface area (Å²) in [6.45, 7) is -0.196. The molecule has 0 saturated carbocycles. The Balaban J connectivity index is 2.47. The predicted octanol–water partition coefficient (Wildman–Crippen LogP) is 0.0301. The maximum Gasteiger partial charge on any atom is 0.235 e. The van der Waals surface area contributed by atoms with E-state index in [1.54, 1.807) is 30.3 Å². The summed E-state index contributed by atoms with van der Waals surface area (Å²) in [6.07, 6.45) is 0.964. The Hall–Kier alpha value is -1.69. The topological polar surface area (TPSA) is 80.3 Å². The number of sulfone groups is 1. The average Bonchev–Trinajstić information content (AvgIpc) is 2.25. The van der Waals surface area contributed by atoms with Crippen LogP contribution in [0.15, 0.2) is 30.3 Å². The van der Waals surface area contributed by atoms with E-state index >= 15 is 0 Å². The van der Waals surface area contributed by atoms with Crippen LogP contribution in [0.4, 0.5) is 0 Å². The fraction of sp³-hybridized carbons (Fsp3) is 0.273. The van der Waals surface area contributed by atoms with Gasteiger partial charge in [0.15, 0.2) is 15.6 Å². The molecule has 5 nitrogen and oxygen atoms in total. The lowest BCUT2D eigenvalue weighted by Crippen LogP contribution is -2.33. The monoisotopic (exact) mass is 255 g/mol. The number of hydrogen-bond acceptors (Lipinski definition) is 4. The number of benzene rings is 1. The Morgan fingerprint density at radius 1 is 1.18 bits per heavy atom. The van der Waals surface area contributed by atoms with Gasteiger partial charge in [-0.3, -0.25) is 9.59 Å². The van der Waals surface area contributed by atoms with E-state index in [4.69, 9.17) is 0 Å². The Bertz CT molecular complexity index is 508. The number of Topliss-reactive ketones (excluding diaryl/α,β-unsaturated/α-hetero) is 1. The zero-order valence-electron chi connectivity index (χ0n) is 9.34. The highest BCUT2D eigenvalue weighted by Crippen LogP contribution is 1.98. The van der Waals surface area contributed by atoms with E-state index in [2.05, 4.69) is 5.32 Å². The third-order valence-corrected chi connectivity index (χ3v) is 2.72. The average molecular weight is 255 g/mol. The number of ketones is 1. The molecule has 0 saturated heterocycles. The van der Waals surface area contributed by atoms with Crippen molar-refractivity contribution in [1.82, 2.24) is 5.32 Å². The Labute approximate surface area is 99.8 Å². The molecule has 0 aliphatic heterocycles. The molecule has 0 heterocycles. The van der Waals surface area contributed by atoms with Crippen molar-refractivity contribution in [3.63, 3.8) is 0 Å². The molecule has 0 spiro atoms. The quantitative estimate of drug-likeness (QED) is 0.753. The van der Waals surface area contributed by atoms with E-state index < -0.39 is 21.5 Å². The van der Waals surface area contributed by atoms with Crippen molar-refractivity contribution in [1.29, 1.82) is 0 Å². The van der Waals surface area contributed by atoms with Gasteiger partial charge in [0.05, 0.1) is 6.54 Å². The van der Waals surface area contributed by atoms with Gasteiger partial charge in [-0.2, -0.15) is 0 Å². The predicted molar refractivity (Wildman–Crippen MR) is 63.5 cm³/mol. The molecule has 0 aromatic heterocycles. The molecule has 0 aliphatic carbocycles. The van der Waals surface area contributed by atoms with Crippen LogP contribution in [0, 0.1) is 0 Å². The van der Waals surface area contributed by atoms with E-state index in [0.717, 1.165) is 6.26 Å². The van der Waals surface area contributed by atoms with Crippen LogP contribution in [0.25, 0.3) is 0 Å². The lowest BCUT2D eigenvalue weighted by molar-refractivity contribution is -0.118. The molecule has 0 bridgehead atoms. The molecule has 1 amide bonds. The van der Waals surface area contributed by atoms with E-state index in [0.29, 0.717) is 5.56 Å². The fourth-order valence-electron chi connectivity index (χ4n) is 1.19. The highest BCUT2D eigenvalue weighted by atomic mass is 32.2. The van der Waals surface area contributed by atoms with Crippen LogP contribution >= 0.6 is 0 Å². The minimum Gasteiger partial charge on any atom is -0.348 e. The number of amides is 1. The van der Waals surface area contributed by atoms with Gasteiger partial charge in [0.2, 0.25) is 5.91 Å². The Morgan fingerprint density at radius 2 is 1.76 bits per heavy atom. The highest BCUT2D eigenvalue weighted by molar-refractivity contribution is 7.91. The Morgan fingerprint density at radius 3 is 2.29 bits per heavy atom. The van der Waals surface area contributed by atoms with Gasteiger partial charge in [-0.25, -0.2) is 8.42 Å². The number of nitrogens with one attached hydrogen (secondary N) is 1. The van der Waals surface area contributed by atoms with Gasteiger partial charge < -0.3 is 5.32 Å². The van der Waals surface area contributed by atoms with Gasteiger partial charge >= 0.3 is 0 Å². The molecule has 17 heavy (non-hydrogen) atoms. The summed E-state index contributed by atoms with van der Waals surface area (Å²) in [4.78, 5) is 22.7. The second-order valence-electron chi connectivity index (χ2n) is 3.64. The van der Waals surface area contributed by atoms with Crippen molar-refractivity contribution < 1.29 is 18.0 Å². The summed E-state index contributed by atoms with van der Waals surface area (Å²) in [6, 6.07) is 8.46. The molecule has 1 aromatic carbocycles. The molecule has 0 radical (unpaired) electrons. The first kappa shape index (κ1) is 13.4. The van der Waals surface area contributed by atoms with Crippen molar-refractivity contribution in [3.8, 4) is 0 Å². The minimum absolute atomic E-state index is 0.196. The van der Waals surface area contributed by atoms with Crippen LogP contribution in [-0.2, 0) is 14.6 Å². The van der Waals surface area contributed by atoms with Gasteiger partial charge in [0.1, 0.15) is 5.75 Å². The minimum atomic E-state index is -3.36. The largest absolute Gasteiger partial charge is 0.348 e. The zero-order valence-corrected chi connectivity index (χ0v) is 10.2. The molecule has 0 atom stereocenters. The van der Waals surface area contributed by atoms with Gasteiger partial charge in [-0.05, 0) is 0 Å². The molecule has 1 rings (SSSR count). The van der Waals surface area contributed by atoms with Crippen LogP contribution in [0.2, 0.25) is 0 Å². The van der Waals surface area contributed by atoms with Crippen LogP contribution in [-0.4, -0.2) is 38.7 Å². The summed E-state index contributed by atoms with van der Waals surface area (Å²) in [5, 5.41) is 2.27. The lowest BCUT2D eigenvalue weighted by Gasteiger charge is -2.03. The van der Waals surface area contributed by atoms with Crippen molar-refractivity contribution in [2.45, 2.75) is 0 Å². The van der Waals surface area contributed by atoms with Crippen molar-refractivity contribution in [2.24, 2.45) is 0 Å². The molecule has 92 valence electrons. The summed E-state index contributed by atoms with van der Waals surface area (Å²) in [7, 11) is -3.36.